The molecule has 0 saturated heterocycles. The lowest BCUT2D eigenvalue weighted by atomic mass is 9.79. The zero-order valence-corrected chi connectivity index (χ0v) is 10.4. The summed E-state index contributed by atoms with van der Waals surface area (Å²) in [6, 6.07) is 1.98. The minimum Gasteiger partial charge on any atom is -0.479 e. The maximum absolute atomic E-state index is 11.1. The molecule has 2 N–H and O–H groups in total. The van der Waals surface area contributed by atoms with Gasteiger partial charge in [-0.25, -0.2) is 4.79 Å². The molecule has 1 aromatic rings. The van der Waals surface area contributed by atoms with Gasteiger partial charge < -0.3 is 14.8 Å². The first-order valence-electron chi connectivity index (χ1n) is 5.23. The summed E-state index contributed by atoms with van der Waals surface area (Å²) in [5.41, 5.74) is 2.45. The van der Waals surface area contributed by atoms with Crippen molar-refractivity contribution < 1.29 is 14.6 Å². The molecule has 90 valence electrons. The SMILES string of the molecule is COC(C(=O)O)C(C)(C)c1cc(C)[nH]c1C. The second kappa shape index (κ2) is 4.29. The Bertz CT molecular complexity index is 393. The molecule has 0 amide bonds. The van der Waals surface area contributed by atoms with Crippen molar-refractivity contribution in [1.29, 1.82) is 0 Å². The monoisotopic (exact) mass is 225 g/mol. The third-order valence-corrected chi connectivity index (χ3v) is 2.96. The molecule has 4 nitrogen and oxygen atoms in total. The molecule has 0 radical (unpaired) electrons. The van der Waals surface area contributed by atoms with Crippen LogP contribution in [0.15, 0.2) is 6.07 Å². The van der Waals surface area contributed by atoms with Crippen molar-refractivity contribution in [3.05, 3.63) is 23.0 Å². The van der Waals surface area contributed by atoms with Gasteiger partial charge in [0.05, 0.1) is 0 Å². The van der Waals surface area contributed by atoms with Crippen LogP contribution in [0.2, 0.25) is 0 Å². The zero-order valence-electron chi connectivity index (χ0n) is 10.4. The van der Waals surface area contributed by atoms with Crippen LogP contribution < -0.4 is 0 Å². The van der Waals surface area contributed by atoms with Gasteiger partial charge in [0, 0.05) is 23.9 Å². The second-order valence-corrected chi connectivity index (χ2v) is 4.67. The van der Waals surface area contributed by atoms with Crippen molar-refractivity contribution in [3.8, 4) is 0 Å². The Morgan fingerprint density at radius 2 is 2.06 bits per heavy atom. The number of methoxy groups -OCH3 is 1. The fourth-order valence-electron chi connectivity index (χ4n) is 2.24. The first-order valence-corrected chi connectivity index (χ1v) is 5.23. The third-order valence-electron chi connectivity index (χ3n) is 2.96. The molecule has 1 aromatic heterocycles. The highest BCUT2D eigenvalue weighted by molar-refractivity contribution is 5.75. The minimum atomic E-state index is -0.939. The quantitative estimate of drug-likeness (QED) is 0.824. The van der Waals surface area contributed by atoms with Gasteiger partial charge in [-0.1, -0.05) is 13.8 Å². The number of nitrogens with one attached hydrogen (secondary N) is 1. The first-order chi connectivity index (χ1) is 7.30. The zero-order chi connectivity index (χ0) is 12.5. The predicted molar refractivity (Wildman–Crippen MR) is 61.7 cm³/mol. The molecule has 16 heavy (non-hydrogen) atoms. The van der Waals surface area contributed by atoms with Crippen molar-refractivity contribution in [3.63, 3.8) is 0 Å². The highest BCUT2D eigenvalue weighted by Crippen LogP contribution is 2.32. The van der Waals surface area contributed by atoms with Crippen LogP contribution in [0.4, 0.5) is 0 Å². The molecule has 1 rings (SSSR count). The summed E-state index contributed by atoms with van der Waals surface area (Å²) >= 11 is 0. The molecule has 0 fully saturated rings. The van der Waals surface area contributed by atoms with Crippen molar-refractivity contribution in [2.24, 2.45) is 0 Å². The molecule has 0 aliphatic carbocycles. The molecule has 4 heteroatoms. The fraction of sp³-hybridized carbons (Fsp3) is 0.583. The Morgan fingerprint density at radius 1 is 1.50 bits per heavy atom. The molecule has 0 saturated carbocycles. The maximum atomic E-state index is 11.1. The third kappa shape index (κ3) is 2.11. The van der Waals surface area contributed by atoms with E-state index < -0.39 is 17.5 Å². The second-order valence-electron chi connectivity index (χ2n) is 4.67. The van der Waals surface area contributed by atoms with Gasteiger partial charge in [-0.05, 0) is 25.5 Å². The molecule has 0 aromatic carbocycles. The lowest BCUT2D eigenvalue weighted by Crippen LogP contribution is -2.41. The van der Waals surface area contributed by atoms with Crippen LogP contribution in [0.1, 0.15) is 30.8 Å². The Hall–Kier alpha value is -1.29. The van der Waals surface area contributed by atoms with Crippen molar-refractivity contribution in [2.45, 2.75) is 39.2 Å². The molecular formula is C12H19NO3. The number of rotatable bonds is 4. The van der Waals surface area contributed by atoms with E-state index in [-0.39, 0.29) is 0 Å². The van der Waals surface area contributed by atoms with Crippen LogP contribution in [0.25, 0.3) is 0 Å². The Balaban J connectivity index is 3.18. The summed E-state index contributed by atoms with van der Waals surface area (Å²) in [5, 5.41) is 9.13. The van der Waals surface area contributed by atoms with Crippen molar-refractivity contribution in [1.82, 2.24) is 4.98 Å². The van der Waals surface area contributed by atoms with Crippen LogP contribution in [-0.4, -0.2) is 29.3 Å². The fourth-order valence-corrected chi connectivity index (χ4v) is 2.24. The van der Waals surface area contributed by atoms with Crippen LogP contribution in [-0.2, 0) is 14.9 Å². The molecule has 0 bridgehead atoms. The molecular weight excluding hydrogens is 206 g/mol. The Morgan fingerprint density at radius 3 is 2.38 bits per heavy atom. The van der Waals surface area contributed by atoms with E-state index in [4.69, 9.17) is 9.84 Å². The summed E-state index contributed by atoms with van der Waals surface area (Å²) in [4.78, 5) is 14.3. The van der Waals surface area contributed by atoms with E-state index in [2.05, 4.69) is 4.98 Å². The number of carbonyl (C=O) groups is 1. The highest BCUT2D eigenvalue weighted by Gasteiger charge is 2.38. The van der Waals surface area contributed by atoms with Crippen molar-refractivity contribution in [2.75, 3.05) is 7.11 Å². The maximum Gasteiger partial charge on any atom is 0.333 e. The summed E-state index contributed by atoms with van der Waals surface area (Å²) in [7, 11) is 1.43. The number of H-pyrrole nitrogens is 1. The predicted octanol–water partition coefficient (Wildman–Crippen LogP) is 2.01. The topological polar surface area (TPSA) is 62.3 Å². The molecule has 0 spiro atoms. The number of aromatic nitrogens is 1. The lowest BCUT2D eigenvalue weighted by molar-refractivity contribution is -0.152. The largest absolute Gasteiger partial charge is 0.479 e. The first kappa shape index (κ1) is 12.8. The van der Waals surface area contributed by atoms with Gasteiger partial charge in [-0.2, -0.15) is 0 Å². The summed E-state index contributed by atoms with van der Waals surface area (Å²) in [5.74, 6) is -0.939. The number of aliphatic carboxylic acids is 1. The van der Waals surface area contributed by atoms with Gasteiger partial charge in [0.25, 0.3) is 0 Å². The smallest absolute Gasteiger partial charge is 0.333 e. The van der Waals surface area contributed by atoms with E-state index in [1.54, 1.807) is 0 Å². The van der Waals surface area contributed by atoms with E-state index in [1.165, 1.54) is 7.11 Å². The number of aromatic amines is 1. The van der Waals surface area contributed by atoms with Crippen LogP contribution in [0.3, 0.4) is 0 Å². The normalized spacial score (nSPS) is 13.8. The van der Waals surface area contributed by atoms with Crippen molar-refractivity contribution >= 4 is 5.97 Å². The number of carboxylic acid groups (broad SMARTS) is 1. The molecule has 1 atom stereocenters. The molecule has 0 aliphatic heterocycles. The van der Waals surface area contributed by atoms with E-state index >= 15 is 0 Å². The number of hydrogen-bond acceptors (Lipinski definition) is 2. The summed E-state index contributed by atoms with van der Waals surface area (Å²) in [6.45, 7) is 7.66. The lowest BCUT2D eigenvalue weighted by Gasteiger charge is -2.30. The van der Waals surface area contributed by atoms with Crippen LogP contribution in [0, 0.1) is 13.8 Å². The van der Waals surface area contributed by atoms with E-state index in [9.17, 15) is 4.79 Å². The number of hydrogen-bond donors (Lipinski definition) is 2. The molecule has 0 aliphatic rings. The summed E-state index contributed by atoms with van der Waals surface area (Å²) < 4.78 is 5.08. The van der Waals surface area contributed by atoms with Gasteiger partial charge in [0.1, 0.15) is 0 Å². The molecule has 1 unspecified atom stereocenters. The van der Waals surface area contributed by atoms with E-state index in [1.807, 2.05) is 33.8 Å². The van der Waals surface area contributed by atoms with Gasteiger partial charge in [-0.3, -0.25) is 0 Å². The molecule has 1 heterocycles. The minimum absolute atomic E-state index is 0.560. The van der Waals surface area contributed by atoms with E-state index in [0.29, 0.717) is 0 Å². The van der Waals surface area contributed by atoms with E-state index in [0.717, 1.165) is 17.0 Å². The van der Waals surface area contributed by atoms with Gasteiger partial charge >= 0.3 is 5.97 Å². The average molecular weight is 225 g/mol. The van der Waals surface area contributed by atoms with Gasteiger partial charge in [0.2, 0.25) is 0 Å². The van der Waals surface area contributed by atoms with Crippen LogP contribution >= 0.6 is 0 Å². The summed E-state index contributed by atoms with van der Waals surface area (Å²) in [6.07, 6.45) is -0.846. The van der Waals surface area contributed by atoms with Gasteiger partial charge in [0.15, 0.2) is 6.10 Å². The number of ether oxygens (including phenoxy) is 1. The number of carboxylic acids is 1. The number of aryl methyl sites for hydroxylation is 2. The standard InChI is InChI=1S/C12H19NO3/c1-7-6-9(8(2)13-7)12(3,4)10(16-5)11(14)15/h6,10,13H,1-5H3,(H,14,15). The average Bonchev–Trinajstić information content (AvgIpc) is 2.45. The highest BCUT2D eigenvalue weighted by atomic mass is 16.5. The Labute approximate surface area is 95.6 Å². The van der Waals surface area contributed by atoms with Gasteiger partial charge in [-0.15, -0.1) is 0 Å². The van der Waals surface area contributed by atoms with Crippen LogP contribution in [0.5, 0.6) is 0 Å². The Kier molecular flexibility index (Phi) is 3.43.